The van der Waals surface area contributed by atoms with E-state index in [2.05, 4.69) is 30.9 Å². The van der Waals surface area contributed by atoms with Crippen LogP contribution in [0.25, 0.3) is 0 Å². The van der Waals surface area contributed by atoms with Crippen molar-refractivity contribution in [2.24, 2.45) is 0 Å². The predicted molar refractivity (Wildman–Crippen MR) is 59.3 cm³/mol. The fourth-order valence-electron chi connectivity index (χ4n) is 0.930. The molecule has 4 heteroatoms. The summed E-state index contributed by atoms with van der Waals surface area (Å²) in [6.07, 6.45) is 2.53. The van der Waals surface area contributed by atoms with Crippen molar-refractivity contribution in [2.75, 3.05) is 27.2 Å². The van der Waals surface area contributed by atoms with Gasteiger partial charge in [-0.05, 0) is 20.1 Å². The molecule has 2 nitrogen and oxygen atoms in total. The Labute approximate surface area is 82.7 Å². The van der Waals surface area contributed by atoms with Gasteiger partial charge in [0, 0.05) is 13.1 Å². The molecule has 0 bridgehead atoms. The molecule has 1 atom stereocenters. The SMILES string of the molecule is CCCC[SiH](Cl)NCCN(C)C. The van der Waals surface area contributed by atoms with Crippen LogP contribution in [0.3, 0.4) is 0 Å². The third-order valence-electron chi connectivity index (χ3n) is 1.74. The molecular formula is C8H21ClN2Si. The number of nitrogens with zero attached hydrogens (tertiary/aromatic N) is 1. The number of nitrogens with one attached hydrogen (secondary N) is 1. The smallest absolute Gasteiger partial charge is 0.211 e. The first kappa shape index (κ1) is 12.4. The monoisotopic (exact) mass is 208 g/mol. The third kappa shape index (κ3) is 8.52. The van der Waals surface area contributed by atoms with Crippen LogP contribution in [0.1, 0.15) is 19.8 Å². The Morgan fingerprint density at radius 1 is 1.42 bits per heavy atom. The summed E-state index contributed by atoms with van der Waals surface area (Å²) < 4.78 is 0. The van der Waals surface area contributed by atoms with Crippen LogP contribution in [0.5, 0.6) is 0 Å². The van der Waals surface area contributed by atoms with Crippen LogP contribution >= 0.6 is 11.1 Å². The quantitative estimate of drug-likeness (QED) is 0.503. The first-order chi connectivity index (χ1) is 5.66. The highest BCUT2D eigenvalue weighted by atomic mass is 35.6. The summed E-state index contributed by atoms with van der Waals surface area (Å²) in [6, 6.07) is 1.21. The minimum Gasteiger partial charge on any atom is -0.326 e. The number of hydrogen-bond donors (Lipinski definition) is 1. The van der Waals surface area contributed by atoms with E-state index in [1.54, 1.807) is 0 Å². The van der Waals surface area contributed by atoms with Crippen LogP contribution in [-0.4, -0.2) is 40.4 Å². The number of unbranched alkanes of at least 4 members (excludes halogenated alkanes) is 1. The first-order valence-corrected chi connectivity index (χ1v) is 7.83. The Balaban J connectivity index is 3.13. The van der Waals surface area contributed by atoms with Gasteiger partial charge < -0.3 is 9.88 Å². The molecule has 0 spiro atoms. The molecular weight excluding hydrogens is 188 g/mol. The van der Waals surface area contributed by atoms with Gasteiger partial charge in [-0.25, -0.2) is 0 Å². The molecule has 0 aromatic rings. The van der Waals surface area contributed by atoms with Crippen molar-refractivity contribution < 1.29 is 0 Å². The molecule has 0 aliphatic carbocycles. The molecule has 1 N–H and O–H groups in total. The van der Waals surface area contributed by atoms with E-state index in [0.717, 1.165) is 13.1 Å². The van der Waals surface area contributed by atoms with Gasteiger partial charge in [0.1, 0.15) is 0 Å². The molecule has 12 heavy (non-hydrogen) atoms. The fourth-order valence-corrected chi connectivity index (χ4v) is 3.13. The second-order valence-corrected chi connectivity index (χ2v) is 6.87. The van der Waals surface area contributed by atoms with E-state index in [4.69, 9.17) is 11.1 Å². The molecule has 0 aromatic heterocycles. The lowest BCUT2D eigenvalue weighted by Crippen LogP contribution is -2.34. The highest BCUT2D eigenvalue weighted by Crippen LogP contribution is 2.01. The standard InChI is InChI=1S/C8H21ClN2Si/c1-4-5-8-12(9)10-6-7-11(2)3/h10,12H,4-8H2,1-3H3. The lowest BCUT2D eigenvalue weighted by atomic mass is 10.4. The van der Waals surface area contributed by atoms with Gasteiger partial charge in [0.05, 0.1) is 0 Å². The van der Waals surface area contributed by atoms with E-state index in [0.29, 0.717) is 0 Å². The lowest BCUT2D eigenvalue weighted by Gasteiger charge is -2.12. The highest BCUT2D eigenvalue weighted by Gasteiger charge is 2.04. The Kier molecular flexibility index (Phi) is 8.33. The van der Waals surface area contributed by atoms with Gasteiger partial charge in [0.25, 0.3) is 0 Å². The summed E-state index contributed by atoms with van der Waals surface area (Å²) in [7, 11) is 3.08. The molecule has 0 amide bonds. The van der Waals surface area contributed by atoms with Crippen molar-refractivity contribution in [1.82, 2.24) is 9.88 Å². The molecule has 0 saturated heterocycles. The average molecular weight is 209 g/mol. The van der Waals surface area contributed by atoms with Crippen LogP contribution in [0, 0.1) is 0 Å². The number of likely N-dealkylation sites (N-methyl/N-ethyl adjacent to an activating group) is 1. The van der Waals surface area contributed by atoms with Crippen LogP contribution in [0.4, 0.5) is 0 Å². The minimum absolute atomic E-state index is 1.04. The lowest BCUT2D eigenvalue weighted by molar-refractivity contribution is 0.414. The van der Waals surface area contributed by atoms with E-state index < -0.39 is 8.27 Å². The normalized spacial score (nSPS) is 13.8. The summed E-state index contributed by atoms with van der Waals surface area (Å²) >= 11 is 6.15. The van der Waals surface area contributed by atoms with E-state index in [-0.39, 0.29) is 0 Å². The molecule has 0 aliphatic heterocycles. The maximum atomic E-state index is 6.15. The summed E-state index contributed by atoms with van der Waals surface area (Å²) in [5, 5.41) is 0. The summed E-state index contributed by atoms with van der Waals surface area (Å²) in [5.74, 6) is 0. The predicted octanol–water partition coefficient (Wildman–Crippen LogP) is 1.40. The zero-order valence-electron chi connectivity index (χ0n) is 8.44. The van der Waals surface area contributed by atoms with Crippen molar-refractivity contribution in [3.63, 3.8) is 0 Å². The van der Waals surface area contributed by atoms with Gasteiger partial charge in [-0.1, -0.05) is 19.8 Å². The molecule has 0 saturated carbocycles. The zero-order chi connectivity index (χ0) is 9.40. The van der Waals surface area contributed by atoms with Gasteiger partial charge in [0.15, 0.2) is 0 Å². The summed E-state index contributed by atoms with van der Waals surface area (Å²) in [6.45, 7) is 4.33. The highest BCUT2D eigenvalue weighted by molar-refractivity contribution is 7.05. The van der Waals surface area contributed by atoms with Crippen molar-refractivity contribution in [3.05, 3.63) is 0 Å². The second kappa shape index (κ2) is 8.04. The maximum Gasteiger partial charge on any atom is 0.211 e. The maximum absolute atomic E-state index is 6.15. The van der Waals surface area contributed by atoms with Crippen LogP contribution < -0.4 is 4.98 Å². The van der Waals surface area contributed by atoms with Crippen molar-refractivity contribution in [1.29, 1.82) is 0 Å². The summed E-state index contributed by atoms with van der Waals surface area (Å²) in [4.78, 5) is 5.58. The Hall–Kier alpha value is 0.427. The van der Waals surface area contributed by atoms with Crippen molar-refractivity contribution in [2.45, 2.75) is 25.8 Å². The zero-order valence-corrected chi connectivity index (χ0v) is 10.3. The Morgan fingerprint density at radius 2 is 2.08 bits per heavy atom. The Bertz CT molecular complexity index is 101. The van der Waals surface area contributed by atoms with Crippen molar-refractivity contribution >= 4 is 19.3 Å². The van der Waals surface area contributed by atoms with E-state index in [9.17, 15) is 0 Å². The van der Waals surface area contributed by atoms with Gasteiger partial charge in [-0.3, -0.25) is 0 Å². The van der Waals surface area contributed by atoms with Gasteiger partial charge >= 0.3 is 0 Å². The van der Waals surface area contributed by atoms with Gasteiger partial charge in [-0.15, -0.1) is 0 Å². The first-order valence-electron chi connectivity index (χ1n) is 4.69. The van der Waals surface area contributed by atoms with Crippen LogP contribution in [0.15, 0.2) is 0 Å². The van der Waals surface area contributed by atoms with Crippen molar-refractivity contribution in [3.8, 4) is 0 Å². The van der Waals surface area contributed by atoms with Crippen LogP contribution in [-0.2, 0) is 0 Å². The van der Waals surface area contributed by atoms with E-state index in [1.165, 1.54) is 18.9 Å². The number of rotatable bonds is 7. The van der Waals surface area contributed by atoms with Gasteiger partial charge in [0.2, 0.25) is 8.27 Å². The number of hydrogen-bond acceptors (Lipinski definition) is 2. The fraction of sp³-hybridized carbons (Fsp3) is 1.00. The molecule has 0 radical (unpaired) electrons. The molecule has 1 unspecified atom stereocenters. The van der Waals surface area contributed by atoms with Crippen LogP contribution in [0.2, 0.25) is 6.04 Å². The third-order valence-corrected chi connectivity index (χ3v) is 4.50. The molecule has 74 valence electrons. The molecule has 0 rings (SSSR count). The topological polar surface area (TPSA) is 15.3 Å². The molecule has 0 aromatic carbocycles. The second-order valence-electron chi connectivity index (χ2n) is 3.37. The summed E-state index contributed by atoms with van der Waals surface area (Å²) in [5.41, 5.74) is 0. The van der Waals surface area contributed by atoms with Gasteiger partial charge in [-0.2, -0.15) is 11.1 Å². The largest absolute Gasteiger partial charge is 0.326 e. The van der Waals surface area contributed by atoms with E-state index >= 15 is 0 Å². The molecule has 0 fully saturated rings. The Morgan fingerprint density at radius 3 is 2.58 bits per heavy atom. The minimum atomic E-state index is -1.08. The number of halogens is 1. The average Bonchev–Trinajstić information content (AvgIpc) is 2.00. The molecule has 0 heterocycles. The molecule has 0 aliphatic rings. The van der Waals surface area contributed by atoms with E-state index in [1.807, 2.05) is 0 Å².